The number of rotatable bonds is 8. The lowest BCUT2D eigenvalue weighted by Crippen LogP contribution is -2.44. The molecule has 152 valence electrons. The number of halogens is 1. The molecule has 1 aromatic rings. The number of guanidine groups is 1. The SMILES string of the molecule is CCOc1ccccc1CN=C(NCC(=O)N(C)C)NCC1CCOC1.I. The van der Waals surface area contributed by atoms with Crippen molar-refractivity contribution in [3.8, 4) is 5.75 Å². The van der Waals surface area contributed by atoms with E-state index >= 15 is 0 Å². The summed E-state index contributed by atoms with van der Waals surface area (Å²) in [5.41, 5.74) is 1.01. The Morgan fingerprint density at radius 2 is 2.11 bits per heavy atom. The first-order valence-electron chi connectivity index (χ1n) is 9.11. The maximum atomic E-state index is 11.9. The van der Waals surface area contributed by atoms with Gasteiger partial charge in [0.1, 0.15) is 5.75 Å². The Labute approximate surface area is 178 Å². The summed E-state index contributed by atoms with van der Waals surface area (Å²) in [6.45, 7) is 5.61. The molecule has 1 aliphatic heterocycles. The van der Waals surface area contributed by atoms with Crippen LogP contribution in [0.3, 0.4) is 0 Å². The smallest absolute Gasteiger partial charge is 0.241 e. The van der Waals surface area contributed by atoms with Gasteiger partial charge in [0.2, 0.25) is 5.91 Å². The third-order valence-electron chi connectivity index (χ3n) is 4.17. The van der Waals surface area contributed by atoms with Crippen molar-refractivity contribution in [3.63, 3.8) is 0 Å². The molecule has 0 saturated carbocycles. The number of benzene rings is 1. The zero-order valence-electron chi connectivity index (χ0n) is 16.4. The van der Waals surface area contributed by atoms with Crippen LogP contribution in [0.5, 0.6) is 5.75 Å². The number of nitrogens with zero attached hydrogens (tertiary/aromatic N) is 2. The molecule has 7 nitrogen and oxygen atoms in total. The van der Waals surface area contributed by atoms with Crippen LogP contribution in [0.25, 0.3) is 0 Å². The highest BCUT2D eigenvalue weighted by Crippen LogP contribution is 2.18. The number of likely N-dealkylation sites (N-methyl/N-ethyl adjacent to an activating group) is 1. The van der Waals surface area contributed by atoms with E-state index in [-0.39, 0.29) is 36.4 Å². The Morgan fingerprint density at radius 3 is 2.78 bits per heavy atom. The average molecular weight is 490 g/mol. The van der Waals surface area contributed by atoms with Gasteiger partial charge in [-0.05, 0) is 19.4 Å². The van der Waals surface area contributed by atoms with Gasteiger partial charge in [0, 0.05) is 38.7 Å². The Kier molecular flexibility index (Phi) is 11.1. The van der Waals surface area contributed by atoms with E-state index in [0.29, 0.717) is 25.0 Å². The second-order valence-electron chi connectivity index (χ2n) is 6.46. The monoisotopic (exact) mass is 490 g/mol. The highest BCUT2D eigenvalue weighted by molar-refractivity contribution is 14.0. The zero-order valence-corrected chi connectivity index (χ0v) is 18.7. The summed E-state index contributed by atoms with van der Waals surface area (Å²) in [4.78, 5) is 18.0. The number of aliphatic imine (C=N–C) groups is 1. The highest BCUT2D eigenvalue weighted by atomic mass is 127. The Balaban J connectivity index is 0.00000364. The molecule has 2 N–H and O–H groups in total. The summed E-state index contributed by atoms with van der Waals surface area (Å²) in [5.74, 6) is 1.94. The molecule has 1 amide bonds. The van der Waals surface area contributed by atoms with Crippen LogP contribution < -0.4 is 15.4 Å². The molecule has 0 aliphatic carbocycles. The number of ether oxygens (including phenoxy) is 2. The third kappa shape index (κ3) is 8.34. The summed E-state index contributed by atoms with van der Waals surface area (Å²) in [7, 11) is 3.48. The van der Waals surface area contributed by atoms with Gasteiger partial charge in [-0.25, -0.2) is 4.99 Å². The van der Waals surface area contributed by atoms with Crippen molar-refractivity contribution in [2.45, 2.75) is 19.9 Å². The van der Waals surface area contributed by atoms with Crippen LogP contribution in [0.4, 0.5) is 0 Å². The minimum absolute atomic E-state index is 0. The maximum absolute atomic E-state index is 11.9. The number of nitrogens with one attached hydrogen (secondary N) is 2. The number of hydrogen-bond acceptors (Lipinski definition) is 4. The molecular weight excluding hydrogens is 459 g/mol. The Hall–Kier alpha value is -1.55. The minimum Gasteiger partial charge on any atom is -0.494 e. The van der Waals surface area contributed by atoms with E-state index in [0.717, 1.165) is 37.5 Å². The fraction of sp³-hybridized carbons (Fsp3) is 0.579. The molecular formula is C19H31IN4O3. The Bertz CT molecular complexity index is 604. The molecule has 0 bridgehead atoms. The summed E-state index contributed by atoms with van der Waals surface area (Å²) in [5, 5.41) is 6.44. The number of hydrogen-bond donors (Lipinski definition) is 2. The van der Waals surface area contributed by atoms with Crippen molar-refractivity contribution in [1.29, 1.82) is 0 Å². The second kappa shape index (κ2) is 12.8. The molecule has 1 saturated heterocycles. The average Bonchev–Trinajstić information content (AvgIpc) is 3.15. The van der Waals surface area contributed by atoms with Crippen LogP contribution in [-0.2, 0) is 16.1 Å². The molecule has 1 unspecified atom stereocenters. The van der Waals surface area contributed by atoms with Gasteiger partial charge < -0.3 is 25.0 Å². The predicted octanol–water partition coefficient (Wildman–Crippen LogP) is 1.86. The number of carbonyl (C=O) groups is 1. The third-order valence-corrected chi connectivity index (χ3v) is 4.17. The van der Waals surface area contributed by atoms with Crippen molar-refractivity contribution in [1.82, 2.24) is 15.5 Å². The first-order chi connectivity index (χ1) is 12.6. The summed E-state index contributed by atoms with van der Waals surface area (Å²) in [6, 6.07) is 7.87. The number of para-hydroxylation sites is 1. The van der Waals surface area contributed by atoms with Crippen molar-refractivity contribution in [3.05, 3.63) is 29.8 Å². The standard InChI is InChI=1S/C19H30N4O3.HI/c1-4-26-17-8-6-5-7-16(17)12-21-19(22-13-18(24)23(2)3)20-11-15-9-10-25-14-15;/h5-8,15H,4,9-14H2,1-3H3,(H2,20,21,22);1H. The lowest BCUT2D eigenvalue weighted by Gasteiger charge is -2.17. The second-order valence-corrected chi connectivity index (χ2v) is 6.46. The van der Waals surface area contributed by atoms with Crippen molar-refractivity contribution in [2.24, 2.45) is 10.9 Å². The van der Waals surface area contributed by atoms with Crippen LogP contribution >= 0.6 is 24.0 Å². The molecule has 1 aliphatic rings. The summed E-state index contributed by atoms with van der Waals surface area (Å²) in [6.07, 6.45) is 1.05. The molecule has 0 radical (unpaired) electrons. The highest BCUT2D eigenvalue weighted by Gasteiger charge is 2.16. The minimum atomic E-state index is -0.00147. The fourth-order valence-corrected chi connectivity index (χ4v) is 2.57. The fourth-order valence-electron chi connectivity index (χ4n) is 2.57. The number of amides is 1. The van der Waals surface area contributed by atoms with Crippen LogP contribution in [-0.4, -0.2) is 63.8 Å². The van der Waals surface area contributed by atoms with Crippen LogP contribution in [0.15, 0.2) is 29.3 Å². The van der Waals surface area contributed by atoms with E-state index in [1.165, 1.54) is 0 Å². The molecule has 2 rings (SSSR count). The van der Waals surface area contributed by atoms with Gasteiger partial charge in [-0.1, -0.05) is 18.2 Å². The lowest BCUT2D eigenvalue weighted by atomic mass is 10.1. The van der Waals surface area contributed by atoms with E-state index in [1.54, 1.807) is 19.0 Å². The predicted molar refractivity (Wildman–Crippen MR) is 118 cm³/mol. The summed E-state index contributed by atoms with van der Waals surface area (Å²) >= 11 is 0. The first-order valence-corrected chi connectivity index (χ1v) is 9.11. The van der Waals surface area contributed by atoms with E-state index in [4.69, 9.17) is 9.47 Å². The molecule has 1 atom stereocenters. The van der Waals surface area contributed by atoms with Crippen molar-refractivity contribution >= 4 is 35.8 Å². The van der Waals surface area contributed by atoms with Gasteiger partial charge in [0.05, 0.1) is 26.3 Å². The molecule has 0 spiro atoms. The molecule has 8 heteroatoms. The molecule has 1 aromatic carbocycles. The number of carbonyl (C=O) groups excluding carboxylic acids is 1. The normalized spacial score (nSPS) is 16.4. The van der Waals surface area contributed by atoms with Gasteiger partial charge >= 0.3 is 0 Å². The Morgan fingerprint density at radius 1 is 1.33 bits per heavy atom. The van der Waals surface area contributed by atoms with E-state index in [2.05, 4.69) is 15.6 Å². The first kappa shape index (κ1) is 23.5. The zero-order chi connectivity index (χ0) is 18.8. The van der Waals surface area contributed by atoms with Gasteiger partial charge in [-0.2, -0.15) is 0 Å². The van der Waals surface area contributed by atoms with Gasteiger partial charge in [-0.3, -0.25) is 4.79 Å². The van der Waals surface area contributed by atoms with Gasteiger partial charge in [0.15, 0.2) is 5.96 Å². The maximum Gasteiger partial charge on any atom is 0.241 e. The van der Waals surface area contributed by atoms with Crippen molar-refractivity contribution in [2.75, 3.05) is 47.0 Å². The van der Waals surface area contributed by atoms with Crippen LogP contribution in [0.1, 0.15) is 18.9 Å². The molecule has 0 aromatic heterocycles. The van der Waals surface area contributed by atoms with Crippen LogP contribution in [0, 0.1) is 5.92 Å². The molecule has 27 heavy (non-hydrogen) atoms. The topological polar surface area (TPSA) is 75.2 Å². The molecule has 1 fully saturated rings. The van der Waals surface area contributed by atoms with E-state index in [9.17, 15) is 4.79 Å². The lowest BCUT2D eigenvalue weighted by molar-refractivity contribution is -0.127. The largest absolute Gasteiger partial charge is 0.494 e. The quantitative estimate of drug-likeness (QED) is 0.331. The van der Waals surface area contributed by atoms with Crippen molar-refractivity contribution < 1.29 is 14.3 Å². The van der Waals surface area contributed by atoms with E-state index < -0.39 is 0 Å². The van der Waals surface area contributed by atoms with E-state index in [1.807, 2.05) is 31.2 Å². The molecule has 1 heterocycles. The van der Waals surface area contributed by atoms with Crippen LogP contribution in [0.2, 0.25) is 0 Å². The summed E-state index contributed by atoms with van der Waals surface area (Å²) < 4.78 is 11.1. The van der Waals surface area contributed by atoms with Gasteiger partial charge in [0.25, 0.3) is 0 Å². The van der Waals surface area contributed by atoms with Gasteiger partial charge in [-0.15, -0.1) is 24.0 Å².